The van der Waals surface area contributed by atoms with Crippen molar-refractivity contribution >= 4 is 11.8 Å². The van der Waals surface area contributed by atoms with Crippen LogP contribution in [-0.4, -0.2) is 49.1 Å². The smallest absolute Gasteiger partial charge is 0.00716 e. The predicted octanol–water partition coefficient (Wildman–Crippen LogP) is 2.37. The first kappa shape index (κ1) is 14.1. The van der Waals surface area contributed by atoms with E-state index >= 15 is 0 Å². The normalized spacial score (nSPS) is 17.9. The third kappa shape index (κ3) is 6.56. The lowest BCUT2D eigenvalue weighted by atomic mass is 10.2. The van der Waals surface area contributed by atoms with E-state index in [9.17, 15) is 0 Å². The average Bonchev–Trinajstić information content (AvgIpc) is 2.31. The second-order valence-electron chi connectivity index (χ2n) is 4.55. The molecule has 0 unspecified atom stereocenters. The van der Waals surface area contributed by atoms with Crippen LogP contribution in [0.2, 0.25) is 0 Å². The van der Waals surface area contributed by atoms with Gasteiger partial charge in [0, 0.05) is 17.5 Å². The van der Waals surface area contributed by atoms with Gasteiger partial charge in [0.2, 0.25) is 0 Å². The van der Waals surface area contributed by atoms with Crippen LogP contribution >= 0.6 is 11.8 Å². The summed E-state index contributed by atoms with van der Waals surface area (Å²) in [6, 6.07) is 0. The van der Waals surface area contributed by atoms with Crippen LogP contribution in [0.3, 0.4) is 0 Å². The second-order valence-corrected chi connectivity index (χ2v) is 5.96. The van der Waals surface area contributed by atoms with Gasteiger partial charge in [-0.25, -0.2) is 0 Å². The molecule has 94 valence electrons. The van der Waals surface area contributed by atoms with E-state index in [4.69, 9.17) is 0 Å². The Kier molecular flexibility index (Phi) is 7.99. The monoisotopic (exact) mass is 242 g/mol. The van der Waals surface area contributed by atoms with Crippen molar-refractivity contribution in [3.05, 3.63) is 12.7 Å². The lowest BCUT2D eigenvalue weighted by Gasteiger charge is -2.23. The van der Waals surface area contributed by atoms with Gasteiger partial charge in [-0.3, -0.25) is 0 Å². The first-order chi connectivity index (χ1) is 7.83. The summed E-state index contributed by atoms with van der Waals surface area (Å²) in [5.41, 5.74) is 0. The molecule has 1 N–H and O–H groups in total. The zero-order chi connectivity index (χ0) is 11.6. The fourth-order valence-corrected chi connectivity index (χ4v) is 3.27. The fraction of sp³-hybridized carbons (Fsp3) is 0.846. The molecule has 1 heterocycles. The van der Waals surface area contributed by atoms with Crippen molar-refractivity contribution in [3.63, 3.8) is 0 Å². The van der Waals surface area contributed by atoms with E-state index in [-0.39, 0.29) is 0 Å². The number of unbranched alkanes of at least 4 members (excludes halogenated alkanes) is 1. The third-order valence-electron chi connectivity index (χ3n) is 3.06. The number of hydrogen-bond donors (Lipinski definition) is 1. The molecule has 0 atom stereocenters. The lowest BCUT2D eigenvalue weighted by molar-refractivity contribution is 0.351. The number of thioether (sulfide) groups is 1. The summed E-state index contributed by atoms with van der Waals surface area (Å²) in [6.07, 6.45) is 7.11. The van der Waals surface area contributed by atoms with Crippen LogP contribution in [0.25, 0.3) is 0 Å². The Morgan fingerprint density at radius 3 is 2.81 bits per heavy atom. The molecule has 3 heteroatoms. The molecule has 0 aromatic carbocycles. The highest BCUT2D eigenvalue weighted by Crippen LogP contribution is 2.19. The Balaban J connectivity index is 1.94. The van der Waals surface area contributed by atoms with Gasteiger partial charge in [0.1, 0.15) is 0 Å². The van der Waals surface area contributed by atoms with E-state index < -0.39 is 0 Å². The molecule has 0 radical (unpaired) electrons. The maximum Gasteiger partial charge on any atom is 0.00716 e. The lowest BCUT2D eigenvalue weighted by Crippen LogP contribution is -2.30. The molecule has 0 aliphatic carbocycles. The Bertz CT molecular complexity index is 179. The van der Waals surface area contributed by atoms with Crippen LogP contribution in [0.4, 0.5) is 0 Å². The highest BCUT2D eigenvalue weighted by molar-refractivity contribution is 7.99. The zero-order valence-electron chi connectivity index (χ0n) is 10.6. The largest absolute Gasteiger partial charge is 0.317 e. The number of rotatable bonds is 8. The van der Waals surface area contributed by atoms with Gasteiger partial charge in [0.05, 0.1) is 0 Å². The van der Waals surface area contributed by atoms with Crippen LogP contribution in [0, 0.1) is 0 Å². The standard InChI is InChI=1S/C13H26N2S/c1-3-4-5-10-15(2)11-12-16-13-6-8-14-9-7-13/h3,13-14H,1,4-12H2,2H3. The molecule has 0 amide bonds. The first-order valence-electron chi connectivity index (χ1n) is 6.44. The summed E-state index contributed by atoms with van der Waals surface area (Å²) in [7, 11) is 2.23. The van der Waals surface area contributed by atoms with Gasteiger partial charge >= 0.3 is 0 Å². The minimum atomic E-state index is 0.905. The maximum atomic E-state index is 3.75. The average molecular weight is 242 g/mol. The van der Waals surface area contributed by atoms with Crippen LogP contribution < -0.4 is 5.32 Å². The van der Waals surface area contributed by atoms with Crippen molar-refractivity contribution in [1.29, 1.82) is 0 Å². The molecule has 2 nitrogen and oxygen atoms in total. The molecule has 1 fully saturated rings. The van der Waals surface area contributed by atoms with Crippen LogP contribution in [-0.2, 0) is 0 Å². The van der Waals surface area contributed by atoms with Crippen molar-refractivity contribution in [3.8, 4) is 0 Å². The predicted molar refractivity (Wildman–Crippen MR) is 75.3 cm³/mol. The number of allylic oxidation sites excluding steroid dienone is 1. The van der Waals surface area contributed by atoms with Gasteiger partial charge in [-0.05, 0) is 52.4 Å². The van der Waals surface area contributed by atoms with E-state index in [1.54, 1.807) is 0 Å². The molecule has 1 aliphatic heterocycles. The molecule has 16 heavy (non-hydrogen) atoms. The van der Waals surface area contributed by atoms with E-state index in [0.717, 1.165) is 11.7 Å². The van der Waals surface area contributed by atoms with E-state index in [0.29, 0.717) is 0 Å². The van der Waals surface area contributed by atoms with E-state index in [1.807, 2.05) is 6.08 Å². The Labute approximate surface area is 105 Å². The van der Waals surface area contributed by atoms with Crippen LogP contribution in [0.15, 0.2) is 12.7 Å². The van der Waals surface area contributed by atoms with Crippen molar-refractivity contribution in [2.45, 2.75) is 30.9 Å². The minimum absolute atomic E-state index is 0.905. The molecule has 1 rings (SSSR count). The summed E-state index contributed by atoms with van der Waals surface area (Å²) in [5, 5.41) is 4.32. The Morgan fingerprint density at radius 2 is 2.12 bits per heavy atom. The molecule has 0 saturated carbocycles. The van der Waals surface area contributed by atoms with Gasteiger partial charge in [0.25, 0.3) is 0 Å². The van der Waals surface area contributed by atoms with Crippen molar-refractivity contribution in [2.75, 3.05) is 39.0 Å². The Hall–Kier alpha value is 0.01000. The van der Waals surface area contributed by atoms with Crippen LogP contribution in [0.1, 0.15) is 25.7 Å². The van der Waals surface area contributed by atoms with Gasteiger partial charge in [-0.2, -0.15) is 11.8 Å². The highest BCUT2D eigenvalue weighted by atomic mass is 32.2. The molecule has 0 spiro atoms. The van der Waals surface area contributed by atoms with Gasteiger partial charge in [-0.15, -0.1) is 6.58 Å². The molecular weight excluding hydrogens is 216 g/mol. The van der Waals surface area contributed by atoms with Crippen molar-refractivity contribution in [2.24, 2.45) is 0 Å². The van der Waals surface area contributed by atoms with Crippen LogP contribution in [0.5, 0.6) is 0 Å². The van der Waals surface area contributed by atoms with Gasteiger partial charge in [-0.1, -0.05) is 6.08 Å². The summed E-state index contributed by atoms with van der Waals surface area (Å²) < 4.78 is 0. The quantitative estimate of drug-likeness (QED) is 0.520. The number of hydrogen-bond acceptors (Lipinski definition) is 3. The van der Waals surface area contributed by atoms with Crippen molar-refractivity contribution in [1.82, 2.24) is 10.2 Å². The molecule has 0 bridgehead atoms. The Morgan fingerprint density at radius 1 is 1.38 bits per heavy atom. The molecule has 1 aliphatic rings. The number of nitrogens with one attached hydrogen (secondary N) is 1. The maximum absolute atomic E-state index is 3.75. The third-order valence-corrected chi connectivity index (χ3v) is 4.42. The summed E-state index contributed by atoms with van der Waals surface area (Å²) in [5.74, 6) is 1.29. The van der Waals surface area contributed by atoms with E-state index in [1.165, 1.54) is 51.2 Å². The van der Waals surface area contributed by atoms with Gasteiger partial charge < -0.3 is 10.2 Å². The topological polar surface area (TPSA) is 15.3 Å². The van der Waals surface area contributed by atoms with E-state index in [2.05, 4.69) is 35.6 Å². The molecule has 0 aromatic rings. The molecule has 1 saturated heterocycles. The second kappa shape index (κ2) is 9.08. The number of piperidine rings is 1. The highest BCUT2D eigenvalue weighted by Gasteiger charge is 2.12. The summed E-state index contributed by atoms with van der Waals surface area (Å²) in [6.45, 7) is 8.62. The molecule has 0 aromatic heterocycles. The van der Waals surface area contributed by atoms with Gasteiger partial charge in [0.15, 0.2) is 0 Å². The minimum Gasteiger partial charge on any atom is -0.317 e. The summed E-state index contributed by atoms with van der Waals surface area (Å²) in [4.78, 5) is 2.44. The zero-order valence-corrected chi connectivity index (χ0v) is 11.4. The summed E-state index contributed by atoms with van der Waals surface area (Å²) >= 11 is 2.16. The fourth-order valence-electron chi connectivity index (χ4n) is 1.95. The molecular formula is C13H26N2S. The number of nitrogens with zero attached hydrogens (tertiary/aromatic N) is 1. The SMILES string of the molecule is C=CCCCN(C)CCSC1CCNCC1. The van der Waals surface area contributed by atoms with Crippen molar-refractivity contribution < 1.29 is 0 Å². The first-order valence-corrected chi connectivity index (χ1v) is 7.49.